The normalized spacial score (nSPS) is 12.1. The molecule has 2 rings (SSSR count). The third-order valence-electron chi connectivity index (χ3n) is 2.96. The van der Waals surface area contributed by atoms with Gasteiger partial charge in [0.15, 0.2) is 5.03 Å². The monoisotopic (exact) mass is 387 g/mol. The molecule has 0 saturated heterocycles. The number of aryl methyl sites for hydroxylation is 1. The Balaban J connectivity index is 2.51. The Morgan fingerprint density at radius 2 is 1.48 bits per heavy atom. The maximum Gasteiger partial charge on any atom is 0.226 e. The molecular formula is C16H12Cl3NO2S. The highest BCUT2D eigenvalue weighted by Crippen LogP contribution is 2.28. The Bertz CT molecular complexity index is 854. The van der Waals surface area contributed by atoms with Crippen molar-refractivity contribution in [2.24, 2.45) is 4.99 Å². The molecule has 0 spiro atoms. The van der Waals surface area contributed by atoms with Gasteiger partial charge in [0.25, 0.3) is 0 Å². The predicted molar refractivity (Wildman–Crippen MR) is 95.9 cm³/mol. The second kappa shape index (κ2) is 7.49. The largest absolute Gasteiger partial charge is 0.226 e. The maximum absolute atomic E-state index is 12.6. The van der Waals surface area contributed by atoms with E-state index in [1.165, 1.54) is 12.1 Å². The lowest BCUT2D eigenvalue weighted by molar-refractivity contribution is 0.601. The van der Waals surface area contributed by atoms with Gasteiger partial charge in [-0.15, -0.1) is 0 Å². The van der Waals surface area contributed by atoms with E-state index in [-0.39, 0.29) is 10.1 Å². The van der Waals surface area contributed by atoms with Gasteiger partial charge in [-0.1, -0.05) is 82.8 Å². The number of nitrogens with zero attached hydrogens (tertiary/aromatic N) is 1. The molecule has 0 amide bonds. The quantitative estimate of drug-likeness (QED) is 0.687. The molecule has 0 fully saturated rings. The van der Waals surface area contributed by atoms with E-state index in [1.54, 1.807) is 30.3 Å². The van der Waals surface area contributed by atoms with E-state index >= 15 is 0 Å². The Kier molecular flexibility index (Phi) is 5.87. The lowest BCUT2D eigenvalue weighted by atomic mass is 10.2. The summed E-state index contributed by atoms with van der Waals surface area (Å²) in [6, 6.07) is 14.9. The van der Waals surface area contributed by atoms with Crippen molar-refractivity contribution in [3.8, 4) is 0 Å². The zero-order chi connectivity index (χ0) is 17.0. The molecule has 0 aliphatic carbocycles. The molecule has 2 aromatic rings. The zero-order valence-corrected chi connectivity index (χ0v) is 15.1. The van der Waals surface area contributed by atoms with Crippen molar-refractivity contribution in [3.05, 3.63) is 75.2 Å². The number of aliphatic imine (C=N–C) groups is 1. The van der Waals surface area contributed by atoms with E-state index in [9.17, 15) is 8.42 Å². The van der Waals surface area contributed by atoms with Crippen molar-refractivity contribution in [1.29, 1.82) is 0 Å². The van der Waals surface area contributed by atoms with E-state index in [0.717, 1.165) is 5.56 Å². The number of rotatable bonds is 4. The van der Waals surface area contributed by atoms with Crippen LogP contribution in [0.5, 0.6) is 0 Å². The van der Waals surface area contributed by atoms with Crippen molar-refractivity contribution in [1.82, 2.24) is 0 Å². The molecule has 0 atom stereocenters. The Morgan fingerprint density at radius 1 is 0.913 bits per heavy atom. The van der Waals surface area contributed by atoms with E-state index in [0.29, 0.717) is 5.56 Å². The third kappa shape index (κ3) is 4.36. The SMILES string of the molecule is Cc1ccc(C(Cl)=NC(=C(Cl)Cl)S(=O)(=O)c2ccccc2)cc1. The topological polar surface area (TPSA) is 46.5 Å². The van der Waals surface area contributed by atoms with Crippen molar-refractivity contribution in [3.63, 3.8) is 0 Å². The number of sulfone groups is 1. The van der Waals surface area contributed by atoms with Crippen LogP contribution in [-0.2, 0) is 9.84 Å². The van der Waals surface area contributed by atoms with E-state index < -0.39 is 19.4 Å². The fourth-order valence-electron chi connectivity index (χ4n) is 1.76. The summed E-state index contributed by atoms with van der Waals surface area (Å²) in [5, 5.41) is -0.504. The molecule has 0 aliphatic heterocycles. The molecule has 0 saturated carbocycles. The summed E-state index contributed by atoms with van der Waals surface area (Å²) in [5.41, 5.74) is 1.61. The van der Waals surface area contributed by atoms with Crippen LogP contribution in [0.3, 0.4) is 0 Å². The number of halogens is 3. The molecule has 0 N–H and O–H groups in total. The summed E-state index contributed by atoms with van der Waals surface area (Å²) >= 11 is 17.6. The van der Waals surface area contributed by atoms with E-state index in [4.69, 9.17) is 34.8 Å². The smallest absolute Gasteiger partial charge is 0.221 e. The summed E-state index contributed by atoms with van der Waals surface area (Å²) in [6.45, 7) is 1.93. The van der Waals surface area contributed by atoms with Gasteiger partial charge >= 0.3 is 0 Å². The standard InChI is InChI=1S/C16H12Cl3NO2S/c1-11-7-9-12(10-8-11)15(19)20-16(14(17)18)23(21,22)13-5-3-2-4-6-13/h2-10H,1H3. The minimum absolute atomic E-state index is 0.0155. The van der Waals surface area contributed by atoms with Crippen LogP contribution in [0.4, 0.5) is 0 Å². The minimum Gasteiger partial charge on any atom is -0.221 e. The maximum atomic E-state index is 12.6. The van der Waals surface area contributed by atoms with Gasteiger partial charge in [-0.25, -0.2) is 13.4 Å². The first kappa shape index (κ1) is 18.0. The second-order valence-electron chi connectivity index (χ2n) is 4.65. The molecule has 0 bridgehead atoms. The zero-order valence-electron chi connectivity index (χ0n) is 12.0. The van der Waals surface area contributed by atoms with Crippen LogP contribution in [-0.4, -0.2) is 13.6 Å². The van der Waals surface area contributed by atoms with Crippen molar-refractivity contribution < 1.29 is 8.42 Å². The van der Waals surface area contributed by atoms with Gasteiger partial charge in [-0.3, -0.25) is 0 Å². The molecule has 0 heterocycles. The van der Waals surface area contributed by atoms with Gasteiger partial charge < -0.3 is 0 Å². The lowest BCUT2D eigenvalue weighted by Gasteiger charge is -2.06. The van der Waals surface area contributed by atoms with Crippen LogP contribution in [0.1, 0.15) is 11.1 Å². The van der Waals surface area contributed by atoms with Crippen LogP contribution in [0.2, 0.25) is 0 Å². The van der Waals surface area contributed by atoms with Gasteiger partial charge in [-0.2, -0.15) is 0 Å². The molecule has 3 nitrogen and oxygen atoms in total. The highest BCUT2D eigenvalue weighted by Gasteiger charge is 2.24. The fraction of sp³-hybridized carbons (Fsp3) is 0.0625. The molecule has 0 aromatic heterocycles. The highest BCUT2D eigenvalue weighted by molar-refractivity contribution is 7.95. The van der Waals surface area contributed by atoms with Crippen molar-refractivity contribution in [2.45, 2.75) is 11.8 Å². The fourth-order valence-corrected chi connectivity index (χ4v) is 3.87. The molecule has 7 heteroatoms. The van der Waals surface area contributed by atoms with Gasteiger partial charge in [0.05, 0.1) is 4.90 Å². The first-order valence-electron chi connectivity index (χ1n) is 6.49. The van der Waals surface area contributed by atoms with Gasteiger partial charge in [0.1, 0.15) is 9.66 Å². The molecule has 120 valence electrons. The van der Waals surface area contributed by atoms with Crippen LogP contribution < -0.4 is 0 Å². The lowest BCUT2D eigenvalue weighted by Crippen LogP contribution is -2.06. The van der Waals surface area contributed by atoms with Crippen LogP contribution in [0, 0.1) is 6.92 Å². The number of benzene rings is 2. The van der Waals surface area contributed by atoms with Gasteiger partial charge in [-0.05, 0) is 19.1 Å². The van der Waals surface area contributed by atoms with Gasteiger partial charge in [0.2, 0.25) is 9.84 Å². The summed E-state index contributed by atoms with van der Waals surface area (Å²) in [5.74, 6) is 0. The first-order valence-corrected chi connectivity index (χ1v) is 9.10. The van der Waals surface area contributed by atoms with E-state index in [1.807, 2.05) is 19.1 Å². The summed E-state index contributed by atoms with van der Waals surface area (Å²) in [6.07, 6.45) is 0. The molecule has 0 radical (unpaired) electrons. The average molecular weight is 389 g/mol. The van der Waals surface area contributed by atoms with Gasteiger partial charge in [0, 0.05) is 5.56 Å². The minimum atomic E-state index is -3.97. The first-order chi connectivity index (χ1) is 10.8. The molecule has 0 aliphatic rings. The second-order valence-corrected chi connectivity index (χ2v) is 7.82. The highest BCUT2D eigenvalue weighted by atomic mass is 35.5. The molecule has 0 unspecified atom stereocenters. The summed E-state index contributed by atoms with van der Waals surface area (Å²) in [4.78, 5) is 3.97. The molecular weight excluding hydrogens is 377 g/mol. The number of hydrogen-bond donors (Lipinski definition) is 0. The molecule has 2 aromatic carbocycles. The Morgan fingerprint density at radius 3 is 2.00 bits per heavy atom. The summed E-state index contributed by atoms with van der Waals surface area (Å²) in [7, 11) is -3.97. The predicted octanol–water partition coefficient (Wildman–Crippen LogP) is 5.06. The summed E-state index contributed by atoms with van der Waals surface area (Å²) < 4.78 is 24.7. The third-order valence-corrected chi connectivity index (χ3v) is 5.54. The van der Waals surface area contributed by atoms with Crippen LogP contribution in [0.15, 0.2) is 74.0 Å². The van der Waals surface area contributed by atoms with Crippen molar-refractivity contribution in [2.75, 3.05) is 0 Å². The average Bonchev–Trinajstić information content (AvgIpc) is 2.53. The van der Waals surface area contributed by atoms with E-state index in [2.05, 4.69) is 4.99 Å². The Hall–Kier alpha value is -1.33. The number of hydrogen-bond acceptors (Lipinski definition) is 3. The van der Waals surface area contributed by atoms with Crippen LogP contribution in [0.25, 0.3) is 0 Å². The van der Waals surface area contributed by atoms with Crippen molar-refractivity contribution >= 4 is 49.8 Å². The van der Waals surface area contributed by atoms with Crippen LogP contribution >= 0.6 is 34.8 Å². The Labute approximate surface area is 150 Å². The molecule has 23 heavy (non-hydrogen) atoms.